The van der Waals surface area contributed by atoms with Crippen molar-refractivity contribution in [3.8, 4) is 0 Å². The van der Waals surface area contributed by atoms with E-state index in [1.54, 1.807) is 18.5 Å². The number of H-pyrrole nitrogens is 1. The Bertz CT molecular complexity index is 399. The van der Waals surface area contributed by atoms with Crippen LogP contribution >= 0.6 is 0 Å². The Morgan fingerprint density at radius 3 is 2.53 bits per heavy atom. The van der Waals surface area contributed by atoms with Crippen LogP contribution in [0.5, 0.6) is 0 Å². The van der Waals surface area contributed by atoms with Crippen molar-refractivity contribution in [1.82, 2.24) is 15.2 Å². The summed E-state index contributed by atoms with van der Waals surface area (Å²) in [5.41, 5.74) is 6.08. The minimum atomic E-state index is -0.942. The average molecular weight is 206 g/mol. The number of pyridine rings is 1. The molecule has 15 heavy (non-hydrogen) atoms. The van der Waals surface area contributed by atoms with Crippen LogP contribution in [0.3, 0.4) is 0 Å². The van der Waals surface area contributed by atoms with Crippen LogP contribution in [-0.4, -0.2) is 26.3 Å². The van der Waals surface area contributed by atoms with E-state index in [0.717, 1.165) is 0 Å². The zero-order valence-corrected chi connectivity index (χ0v) is 7.79. The lowest BCUT2D eigenvalue weighted by molar-refractivity contribution is 0.0696. The molecule has 0 aromatic carbocycles. The van der Waals surface area contributed by atoms with Gasteiger partial charge in [-0.3, -0.25) is 10.1 Å². The third-order valence-corrected chi connectivity index (χ3v) is 1.43. The Labute approximate surface area is 85.8 Å². The number of carboxylic acid groups (broad SMARTS) is 1. The van der Waals surface area contributed by atoms with Crippen LogP contribution in [0.1, 0.15) is 10.4 Å². The normalized spacial score (nSPS) is 8.80. The minimum Gasteiger partial charge on any atom is -0.478 e. The Balaban J connectivity index is 0.000000162. The van der Waals surface area contributed by atoms with Crippen LogP contribution in [-0.2, 0) is 0 Å². The first-order chi connectivity index (χ1) is 7.20. The van der Waals surface area contributed by atoms with Crippen LogP contribution < -0.4 is 5.73 Å². The van der Waals surface area contributed by atoms with Crippen molar-refractivity contribution in [2.45, 2.75) is 0 Å². The molecule has 0 radical (unpaired) electrons. The topological polar surface area (TPSA) is 105 Å². The van der Waals surface area contributed by atoms with E-state index in [2.05, 4.69) is 15.2 Å². The van der Waals surface area contributed by atoms with Crippen LogP contribution in [0.15, 0.2) is 36.9 Å². The number of aromatic amines is 1. The fourth-order valence-electron chi connectivity index (χ4n) is 0.750. The van der Waals surface area contributed by atoms with Crippen molar-refractivity contribution in [1.29, 1.82) is 0 Å². The van der Waals surface area contributed by atoms with Crippen LogP contribution in [0, 0.1) is 0 Å². The van der Waals surface area contributed by atoms with Crippen molar-refractivity contribution >= 4 is 11.7 Å². The first kappa shape index (κ1) is 10.7. The van der Waals surface area contributed by atoms with E-state index in [4.69, 9.17) is 10.8 Å². The van der Waals surface area contributed by atoms with Gasteiger partial charge in [0.2, 0.25) is 0 Å². The molecule has 0 saturated heterocycles. The molecule has 6 nitrogen and oxygen atoms in total. The Morgan fingerprint density at radius 2 is 2.27 bits per heavy atom. The maximum absolute atomic E-state index is 10.2. The molecule has 0 aliphatic heterocycles. The van der Waals surface area contributed by atoms with Crippen molar-refractivity contribution in [3.63, 3.8) is 0 Å². The summed E-state index contributed by atoms with van der Waals surface area (Å²) in [6.07, 6.45) is 6.02. The molecule has 2 aromatic heterocycles. The Hall–Kier alpha value is -2.37. The Kier molecular flexibility index (Phi) is 3.84. The number of hydrogen-bond acceptors (Lipinski definition) is 4. The SMILES string of the molecule is Nc1cn[nH]c1.O=C(O)c1cccnc1. The van der Waals surface area contributed by atoms with Gasteiger partial charge in [0.05, 0.1) is 17.4 Å². The lowest BCUT2D eigenvalue weighted by atomic mass is 10.3. The first-order valence-corrected chi connectivity index (χ1v) is 4.07. The molecule has 0 fully saturated rings. The van der Waals surface area contributed by atoms with Crippen molar-refractivity contribution in [2.75, 3.05) is 5.73 Å². The quantitative estimate of drug-likeness (QED) is 0.639. The summed E-state index contributed by atoms with van der Waals surface area (Å²) in [5, 5.41) is 14.5. The molecule has 0 aliphatic rings. The third-order valence-electron chi connectivity index (χ3n) is 1.43. The summed E-state index contributed by atoms with van der Waals surface area (Å²) in [4.78, 5) is 13.8. The van der Waals surface area contributed by atoms with E-state index >= 15 is 0 Å². The number of hydrogen-bond donors (Lipinski definition) is 3. The van der Waals surface area contributed by atoms with Gasteiger partial charge in [-0.25, -0.2) is 4.79 Å². The van der Waals surface area contributed by atoms with Crippen molar-refractivity contribution in [2.24, 2.45) is 0 Å². The largest absolute Gasteiger partial charge is 0.478 e. The number of rotatable bonds is 1. The third kappa shape index (κ3) is 3.90. The number of aromatic nitrogens is 3. The molecule has 2 rings (SSSR count). The highest BCUT2D eigenvalue weighted by atomic mass is 16.4. The molecule has 0 amide bonds. The van der Waals surface area contributed by atoms with Gasteiger partial charge >= 0.3 is 5.97 Å². The summed E-state index contributed by atoms with van der Waals surface area (Å²) in [6.45, 7) is 0. The van der Waals surface area contributed by atoms with Crippen molar-refractivity contribution < 1.29 is 9.90 Å². The molecule has 6 heteroatoms. The van der Waals surface area contributed by atoms with E-state index in [1.807, 2.05) is 0 Å². The monoisotopic (exact) mass is 206 g/mol. The second-order valence-electron chi connectivity index (χ2n) is 2.58. The molecular formula is C9H10N4O2. The second kappa shape index (κ2) is 5.38. The predicted octanol–water partition coefficient (Wildman–Crippen LogP) is 0.772. The molecule has 4 N–H and O–H groups in total. The molecule has 0 unspecified atom stereocenters. The highest BCUT2D eigenvalue weighted by molar-refractivity contribution is 5.86. The molecule has 78 valence electrons. The molecule has 0 bridgehead atoms. The smallest absolute Gasteiger partial charge is 0.337 e. The predicted molar refractivity (Wildman–Crippen MR) is 54.2 cm³/mol. The maximum atomic E-state index is 10.2. The fourth-order valence-corrected chi connectivity index (χ4v) is 0.750. The first-order valence-electron chi connectivity index (χ1n) is 4.07. The molecule has 0 spiro atoms. The van der Waals surface area contributed by atoms with Gasteiger partial charge in [-0.2, -0.15) is 5.10 Å². The molecule has 0 saturated carbocycles. The highest BCUT2D eigenvalue weighted by Crippen LogP contribution is 1.92. The van der Waals surface area contributed by atoms with E-state index in [-0.39, 0.29) is 5.56 Å². The minimum absolute atomic E-state index is 0.220. The summed E-state index contributed by atoms with van der Waals surface area (Å²) >= 11 is 0. The van der Waals surface area contributed by atoms with Gasteiger partial charge < -0.3 is 10.8 Å². The number of carbonyl (C=O) groups is 1. The number of carboxylic acids is 1. The molecule has 2 heterocycles. The molecular weight excluding hydrogens is 196 g/mol. The number of aromatic carboxylic acids is 1. The van der Waals surface area contributed by atoms with Crippen LogP contribution in [0.2, 0.25) is 0 Å². The van der Waals surface area contributed by atoms with Gasteiger partial charge in [0.15, 0.2) is 0 Å². The van der Waals surface area contributed by atoms with Gasteiger partial charge in [0.1, 0.15) is 0 Å². The lowest BCUT2D eigenvalue weighted by Gasteiger charge is -1.87. The maximum Gasteiger partial charge on any atom is 0.337 e. The summed E-state index contributed by atoms with van der Waals surface area (Å²) < 4.78 is 0. The van der Waals surface area contributed by atoms with Crippen LogP contribution in [0.4, 0.5) is 5.69 Å². The second-order valence-corrected chi connectivity index (χ2v) is 2.58. The fraction of sp³-hybridized carbons (Fsp3) is 0. The van der Waals surface area contributed by atoms with Gasteiger partial charge in [0, 0.05) is 18.6 Å². The summed E-state index contributed by atoms with van der Waals surface area (Å²) in [7, 11) is 0. The van der Waals surface area contributed by atoms with Crippen molar-refractivity contribution in [3.05, 3.63) is 42.5 Å². The molecule has 0 atom stereocenters. The van der Waals surface area contributed by atoms with Gasteiger partial charge in [-0.15, -0.1) is 0 Å². The number of anilines is 1. The molecule has 0 aliphatic carbocycles. The van der Waals surface area contributed by atoms with Gasteiger partial charge in [0.25, 0.3) is 0 Å². The Morgan fingerprint density at radius 1 is 1.47 bits per heavy atom. The van der Waals surface area contributed by atoms with Crippen LogP contribution in [0.25, 0.3) is 0 Å². The zero-order chi connectivity index (χ0) is 11.1. The van der Waals surface area contributed by atoms with Gasteiger partial charge in [-0.05, 0) is 12.1 Å². The molecule has 2 aromatic rings. The van der Waals surface area contributed by atoms with E-state index in [0.29, 0.717) is 5.69 Å². The average Bonchev–Trinajstić information content (AvgIpc) is 2.71. The standard InChI is InChI=1S/C6H5NO2.C3H5N3/c8-6(9)5-2-1-3-7-4-5;4-3-1-5-6-2-3/h1-4H,(H,8,9);1-2H,4H2,(H,5,6). The van der Waals surface area contributed by atoms with Gasteiger partial charge in [-0.1, -0.05) is 0 Å². The van der Waals surface area contributed by atoms with E-state index < -0.39 is 5.97 Å². The number of nitrogens with two attached hydrogens (primary N) is 1. The number of nitrogen functional groups attached to an aromatic ring is 1. The lowest BCUT2D eigenvalue weighted by Crippen LogP contribution is -1.94. The van der Waals surface area contributed by atoms with E-state index in [9.17, 15) is 4.79 Å². The number of nitrogens with one attached hydrogen (secondary N) is 1. The highest BCUT2D eigenvalue weighted by Gasteiger charge is 1.97. The summed E-state index contributed by atoms with van der Waals surface area (Å²) in [6, 6.07) is 3.08. The summed E-state index contributed by atoms with van der Waals surface area (Å²) in [5.74, 6) is -0.942. The zero-order valence-electron chi connectivity index (χ0n) is 7.79. The van der Waals surface area contributed by atoms with E-state index in [1.165, 1.54) is 18.5 Å². The number of nitrogens with zero attached hydrogens (tertiary/aromatic N) is 2.